The van der Waals surface area contributed by atoms with E-state index in [1.807, 2.05) is 0 Å². The van der Waals surface area contributed by atoms with Crippen molar-refractivity contribution in [2.45, 2.75) is 12.1 Å². The van der Waals surface area contributed by atoms with E-state index in [0.29, 0.717) is 21.7 Å². The number of nitrogen functional groups attached to an aromatic ring is 1. The fourth-order valence-corrected chi connectivity index (χ4v) is 3.00. The average molecular weight is 392 g/mol. The lowest BCUT2D eigenvalue weighted by atomic mass is 10.2. The second-order valence-corrected chi connectivity index (χ2v) is 6.86. The molecule has 26 heavy (non-hydrogen) atoms. The number of nitrogens with two attached hydrogens (primary N) is 1. The van der Waals surface area contributed by atoms with Crippen LogP contribution in [0.15, 0.2) is 47.6 Å². The van der Waals surface area contributed by atoms with E-state index in [4.69, 9.17) is 17.4 Å². The van der Waals surface area contributed by atoms with E-state index in [9.17, 15) is 9.18 Å². The molecule has 3 aromatic rings. The molecule has 0 saturated carbocycles. The van der Waals surface area contributed by atoms with Crippen molar-refractivity contribution in [3.63, 3.8) is 0 Å². The molecule has 0 aliphatic rings. The molecule has 2 aromatic carbocycles. The van der Waals surface area contributed by atoms with Gasteiger partial charge in [0.05, 0.1) is 5.75 Å². The molecule has 1 aromatic heterocycles. The normalized spacial score (nSPS) is 10.7. The van der Waals surface area contributed by atoms with E-state index in [-0.39, 0.29) is 11.7 Å². The van der Waals surface area contributed by atoms with Crippen molar-refractivity contribution in [2.24, 2.45) is 0 Å². The largest absolute Gasteiger partial charge is 0.335 e. The van der Waals surface area contributed by atoms with Gasteiger partial charge in [-0.15, -0.1) is 10.2 Å². The summed E-state index contributed by atoms with van der Waals surface area (Å²) in [5.74, 6) is 5.84. The summed E-state index contributed by atoms with van der Waals surface area (Å²) < 4.78 is 14.6. The maximum atomic E-state index is 13.3. The zero-order valence-corrected chi connectivity index (χ0v) is 15.3. The third-order valence-corrected chi connectivity index (χ3v) is 4.77. The van der Waals surface area contributed by atoms with Crippen molar-refractivity contribution in [1.82, 2.24) is 14.9 Å². The third kappa shape index (κ3) is 4.14. The molecule has 0 fully saturated rings. The monoisotopic (exact) mass is 391 g/mol. The van der Waals surface area contributed by atoms with Gasteiger partial charge in [-0.2, -0.15) is 0 Å². The molecule has 0 bridgehead atoms. The summed E-state index contributed by atoms with van der Waals surface area (Å²) in [6, 6.07) is 11.2. The number of carbonyl (C=O) groups excluding carboxylic acids is 1. The van der Waals surface area contributed by atoms with Crippen molar-refractivity contribution >= 4 is 35.0 Å². The van der Waals surface area contributed by atoms with Gasteiger partial charge in [-0.3, -0.25) is 4.79 Å². The first kappa shape index (κ1) is 18.2. The summed E-state index contributed by atoms with van der Waals surface area (Å²) >= 11 is 7.01. The molecule has 0 saturated heterocycles. The maximum Gasteiger partial charge on any atom is 0.234 e. The highest BCUT2D eigenvalue weighted by Gasteiger charge is 2.14. The molecule has 134 valence electrons. The van der Waals surface area contributed by atoms with Crippen LogP contribution in [0.25, 0.3) is 11.4 Å². The van der Waals surface area contributed by atoms with Gasteiger partial charge in [-0.1, -0.05) is 29.4 Å². The Labute approximate surface area is 158 Å². The number of carbonyl (C=O) groups is 1. The fourth-order valence-electron chi connectivity index (χ4n) is 2.22. The zero-order chi connectivity index (χ0) is 18.7. The van der Waals surface area contributed by atoms with Gasteiger partial charge in [0.1, 0.15) is 5.82 Å². The number of thioether (sulfide) groups is 1. The maximum absolute atomic E-state index is 13.3. The first-order valence-electron chi connectivity index (χ1n) is 7.59. The zero-order valence-electron chi connectivity index (χ0n) is 13.7. The van der Waals surface area contributed by atoms with Gasteiger partial charge in [0.15, 0.2) is 5.82 Å². The number of rotatable bonds is 5. The summed E-state index contributed by atoms with van der Waals surface area (Å²) in [4.78, 5) is 12.1. The lowest BCUT2D eigenvalue weighted by Crippen LogP contribution is -2.17. The molecule has 0 radical (unpaired) electrons. The second kappa shape index (κ2) is 7.76. The number of amides is 1. The number of nitrogens with one attached hydrogen (secondary N) is 1. The van der Waals surface area contributed by atoms with Crippen LogP contribution in [0.3, 0.4) is 0 Å². The number of hydrogen-bond acceptors (Lipinski definition) is 5. The van der Waals surface area contributed by atoms with E-state index in [2.05, 4.69) is 15.5 Å². The standard InChI is InChI=1S/C17H15ClFN5OS/c1-10-2-7-13(19)8-14(10)21-15(25)9-26-17-23-22-16(24(17)20)11-3-5-12(18)6-4-11/h2-8H,9,20H2,1H3,(H,21,25). The number of aromatic nitrogens is 3. The summed E-state index contributed by atoms with van der Waals surface area (Å²) in [5.41, 5.74) is 1.97. The summed E-state index contributed by atoms with van der Waals surface area (Å²) in [5, 5.41) is 11.7. The first-order valence-corrected chi connectivity index (χ1v) is 8.95. The Morgan fingerprint density at radius 1 is 1.27 bits per heavy atom. The van der Waals surface area contributed by atoms with Crippen LogP contribution in [0.2, 0.25) is 5.02 Å². The van der Waals surface area contributed by atoms with E-state index in [1.54, 1.807) is 37.3 Å². The number of nitrogens with zero attached hydrogens (tertiary/aromatic N) is 3. The van der Waals surface area contributed by atoms with Crippen molar-refractivity contribution in [3.8, 4) is 11.4 Å². The molecule has 0 aliphatic heterocycles. The molecule has 9 heteroatoms. The molecule has 3 rings (SSSR count). The van der Waals surface area contributed by atoms with E-state index in [0.717, 1.165) is 22.9 Å². The third-order valence-electron chi connectivity index (χ3n) is 3.57. The van der Waals surface area contributed by atoms with Gasteiger partial charge in [0, 0.05) is 16.3 Å². The molecule has 0 unspecified atom stereocenters. The van der Waals surface area contributed by atoms with Crippen LogP contribution in [-0.4, -0.2) is 26.5 Å². The predicted octanol–water partition coefficient (Wildman–Crippen LogP) is 3.49. The molecule has 0 atom stereocenters. The van der Waals surface area contributed by atoms with Gasteiger partial charge >= 0.3 is 0 Å². The van der Waals surface area contributed by atoms with Crippen molar-refractivity contribution < 1.29 is 9.18 Å². The number of anilines is 1. The number of halogens is 2. The van der Waals surface area contributed by atoms with Gasteiger partial charge < -0.3 is 11.2 Å². The smallest absolute Gasteiger partial charge is 0.234 e. The van der Waals surface area contributed by atoms with Crippen LogP contribution in [0.5, 0.6) is 0 Å². The van der Waals surface area contributed by atoms with Crippen molar-refractivity contribution in [3.05, 3.63) is 58.9 Å². The van der Waals surface area contributed by atoms with Crippen molar-refractivity contribution in [2.75, 3.05) is 16.9 Å². The Kier molecular flexibility index (Phi) is 5.43. The minimum absolute atomic E-state index is 0.0614. The highest BCUT2D eigenvalue weighted by Crippen LogP contribution is 2.23. The van der Waals surface area contributed by atoms with E-state index >= 15 is 0 Å². The molecule has 1 heterocycles. The highest BCUT2D eigenvalue weighted by atomic mass is 35.5. The van der Waals surface area contributed by atoms with E-state index < -0.39 is 5.82 Å². The minimum Gasteiger partial charge on any atom is -0.335 e. The van der Waals surface area contributed by atoms with Crippen LogP contribution in [-0.2, 0) is 4.79 Å². The van der Waals surface area contributed by atoms with Crippen LogP contribution in [0.1, 0.15) is 5.56 Å². The second-order valence-electron chi connectivity index (χ2n) is 5.48. The van der Waals surface area contributed by atoms with Crippen LogP contribution < -0.4 is 11.2 Å². The number of hydrogen-bond donors (Lipinski definition) is 2. The number of benzene rings is 2. The fraction of sp³-hybridized carbons (Fsp3) is 0.118. The predicted molar refractivity (Wildman–Crippen MR) is 101 cm³/mol. The van der Waals surface area contributed by atoms with Crippen molar-refractivity contribution in [1.29, 1.82) is 0 Å². The van der Waals surface area contributed by atoms with Crippen LogP contribution in [0, 0.1) is 12.7 Å². The average Bonchev–Trinajstić information content (AvgIpc) is 2.98. The quantitative estimate of drug-likeness (QED) is 0.513. The van der Waals surface area contributed by atoms with Crippen LogP contribution in [0.4, 0.5) is 10.1 Å². The molecular weight excluding hydrogens is 377 g/mol. The van der Waals surface area contributed by atoms with E-state index in [1.165, 1.54) is 16.8 Å². The lowest BCUT2D eigenvalue weighted by molar-refractivity contribution is -0.113. The Morgan fingerprint density at radius 3 is 2.73 bits per heavy atom. The minimum atomic E-state index is -0.409. The summed E-state index contributed by atoms with van der Waals surface area (Å²) in [7, 11) is 0. The summed E-state index contributed by atoms with van der Waals surface area (Å²) in [6.07, 6.45) is 0. The highest BCUT2D eigenvalue weighted by molar-refractivity contribution is 7.99. The Bertz CT molecular complexity index is 945. The molecule has 0 aliphatic carbocycles. The first-order chi connectivity index (χ1) is 12.4. The Hall–Kier alpha value is -2.58. The Balaban J connectivity index is 1.65. The number of aryl methyl sites for hydroxylation is 1. The van der Waals surface area contributed by atoms with Gasteiger partial charge in [0.25, 0.3) is 0 Å². The SMILES string of the molecule is Cc1ccc(F)cc1NC(=O)CSc1nnc(-c2ccc(Cl)cc2)n1N. The van der Waals surface area contributed by atoms with Gasteiger partial charge in [-0.25, -0.2) is 9.07 Å². The topological polar surface area (TPSA) is 85.8 Å². The molecular formula is C17H15ClFN5OS. The molecule has 0 spiro atoms. The molecule has 1 amide bonds. The van der Waals surface area contributed by atoms with Gasteiger partial charge in [-0.05, 0) is 48.9 Å². The molecule has 6 nitrogen and oxygen atoms in total. The summed E-state index contributed by atoms with van der Waals surface area (Å²) in [6.45, 7) is 1.79. The molecule has 3 N–H and O–H groups in total. The lowest BCUT2D eigenvalue weighted by Gasteiger charge is -2.08. The van der Waals surface area contributed by atoms with Gasteiger partial charge in [0.2, 0.25) is 11.1 Å². The van der Waals surface area contributed by atoms with Crippen LogP contribution >= 0.6 is 23.4 Å². The Morgan fingerprint density at radius 2 is 2.00 bits per heavy atom.